The maximum Gasteiger partial charge on any atom is 0.140 e. The maximum atomic E-state index is 6.06. The lowest BCUT2D eigenvalue weighted by molar-refractivity contribution is 1.33. The molecule has 0 saturated carbocycles. The van der Waals surface area contributed by atoms with Gasteiger partial charge in [-0.1, -0.05) is 65.1 Å². The summed E-state index contributed by atoms with van der Waals surface area (Å²) in [5.41, 5.74) is 1.64. The predicted molar refractivity (Wildman–Crippen MR) is 64.7 cm³/mol. The third-order valence-corrected chi connectivity index (χ3v) is 2.72. The first-order valence-electron chi connectivity index (χ1n) is 4.25. The molecule has 0 unspecified atom stereocenters. The highest BCUT2D eigenvalue weighted by atomic mass is 35.5. The van der Waals surface area contributed by atoms with Gasteiger partial charge in [-0.05, 0) is 11.6 Å². The van der Waals surface area contributed by atoms with Gasteiger partial charge in [-0.2, -0.15) is 0 Å². The minimum absolute atomic E-state index is 0.296. The monoisotopic (exact) mass is 257 g/mol. The van der Waals surface area contributed by atoms with E-state index in [-0.39, 0.29) is 0 Å². The Morgan fingerprint density at radius 1 is 0.933 bits per heavy atom. The van der Waals surface area contributed by atoms with E-state index in [9.17, 15) is 0 Å². The van der Waals surface area contributed by atoms with Crippen LogP contribution in [0.3, 0.4) is 0 Å². The van der Waals surface area contributed by atoms with Crippen LogP contribution in [0.5, 0.6) is 0 Å². The number of nitrogens with zero attached hydrogens (tertiary/aromatic N) is 1. The fourth-order valence-corrected chi connectivity index (χ4v) is 2.26. The van der Waals surface area contributed by atoms with Crippen LogP contribution in [0.15, 0.2) is 36.4 Å². The van der Waals surface area contributed by atoms with E-state index in [1.807, 2.05) is 30.3 Å². The Kier molecular flexibility index (Phi) is 3.15. The van der Waals surface area contributed by atoms with Crippen LogP contribution in [0.1, 0.15) is 0 Å². The van der Waals surface area contributed by atoms with E-state index >= 15 is 0 Å². The molecule has 76 valence electrons. The molecule has 1 nitrogen and oxygen atoms in total. The minimum atomic E-state index is 0.296. The Hall–Kier alpha value is -0.760. The van der Waals surface area contributed by atoms with Crippen LogP contribution in [-0.2, 0) is 0 Å². The van der Waals surface area contributed by atoms with E-state index < -0.39 is 0 Å². The molecule has 0 fully saturated rings. The van der Waals surface area contributed by atoms with Crippen LogP contribution in [0.2, 0.25) is 15.3 Å². The van der Waals surface area contributed by atoms with Crippen molar-refractivity contribution < 1.29 is 0 Å². The molecule has 0 atom stereocenters. The molecule has 0 aliphatic carbocycles. The average molecular weight is 259 g/mol. The molecular formula is C11H6Cl3N. The second-order valence-electron chi connectivity index (χ2n) is 2.96. The highest BCUT2D eigenvalue weighted by Gasteiger charge is 2.10. The van der Waals surface area contributed by atoms with Gasteiger partial charge in [0, 0.05) is 5.56 Å². The lowest BCUT2D eigenvalue weighted by Crippen LogP contribution is -1.85. The van der Waals surface area contributed by atoms with Gasteiger partial charge in [0.1, 0.15) is 10.3 Å². The molecule has 0 amide bonds. The van der Waals surface area contributed by atoms with E-state index in [0.29, 0.717) is 20.9 Å². The summed E-state index contributed by atoms with van der Waals surface area (Å²) in [7, 11) is 0. The van der Waals surface area contributed by atoms with Gasteiger partial charge in [-0.25, -0.2) is 4.98 Å². The molecule has 1 aromatic heterocycles. The number of pyridine rings is 1. The van der Waals surface area contributed by atoms with Crippen LogP contribution < -0.4 is 0 Å². The Morgan fingerprint density at radius 2 is 1.60 bits per heavy atom. The van der Waals surface area contributed by atoms with Crippen LogP contribution in [0.4, 0.5) is 0 Å². The fraction of sp³-hybridized carbons (Fsp3) is 0. The van der Waals surface area contributed by atoms with E-state index in [0.717, 1.165) is 5.56 Å². The highest BCUT2D eigenvalue weighted by Crippen LogP contribution is 2.34. The summed E-state index contributed by atoms with van der Waals surface area (Å²) in [5, 5.41) is 1.12. The van der Waals surface area contributed by atoms with Crippen LogP contribution in [0, 0.1) is 0 Å². The molecule has 1 aromatic carbocycles. The molecule has 0 N–H and O–H groups in total. The molecule has 0 aliphatic heterocycles. The van der Waals surface area contributed by atoms with Crippen molar-refractivity contribution in [1.82, 2.24) is 4.98 Å². The van der Waals surface area contributed by atoms with Crippen molar-refractivity contribution >= 4 is 34.8 Å². The summed E-state index contributed by atoms with van der Waals surface area (Å²) in [6, 6.07) is 11.2. The second kappa shape index (κ2) is 4.40. The Balaban J connectivity index is 2.64. The SMILES string of the molecule is Clc1cc(Cl)c(-c2ccccc2)c(Cl)n1. The number of benzene rings is 1. The smallest absolute Gasteiger partial charge is 0.140 e. The van der Waals surface area contributed by atoms with Gasteiger partial charge in [0.25, 0.3) is 0 Å². The number of aromatic nitrogens is 1. The van der Waals surface area contributed by atoms with Crippen molar-refractivity contribution in [3.05, 3.63) is 51.7 Å². The first-order valence-corrected chi connectivity index (χ1v) is 5.39. The predicted octanol–water partition coefficient (Wildman–Crippen LogP) is 4.71. The van der Waals surface area contributed by atoms with Crippen molar-refractivity contribution in [2.45, 2.75) is 0 Å². The highest BCUT2D eigenvalue weighted by molar-refractivity contribution is 6.40. The van der Waals surface area contributed by atoms with Crippen LogP contribution >= 0.6 is 34.8 Å². The number of halogens is 3. The van der Waals surface area contributed by atoms with Gasteiger partial charge in [0.2, 0.25) is 0 Å². The van der Waals surface area contributed by atoms with Crippen LogP contribution in [-0.4, -0.2) is 4.98 Å². The van der Waals surface area contributed by atoms with Gasteiger partial charge < -0.3 is 0 Å². The zero-order valence-electron chi connectivity index (χ0n) is 7.55. The third kappa shape index (κ3) is 2.25. The quantitative estimate of drug-likeness (QED) is 0.675. The lowest BCUT2D eigenvalue weighted by Gasteiger charge is -2.06. The largest absolute Gasteiger partial charge is 0.224 e. The maximum absolute atomic E-state index is 6.06. The summed E-state index contributed by atoms with van der Waals surface area (Å²) in [6.07, 6.45) is 0. The van der Waals surface area contributed by atoms with Crippen LogP contribution in [0.25, 0.3) is 11.1 Å². The van der Waals surface area contributed by atoms with Crippen molar-refractivity contribution in [2.75, 3.05) is 0 Å². The van der Waals surface area contributed by atoms with Gasteiger partial charge >= 0.3 is 0 Å². The van der Waals surface area contributed by atoms with Gasteiger partial charge in [0.15, 0.2) is 0 Å². The average Bonchev–Trinajstić information content (AvgIpc) is 2.17. The van der Waals surface area contributed by atoms with Crippen molar-refractivity contribution in [3.8, 4) is 11.1 Å². The summed E-state index contributed by atoms with van der Waals surface area (Å²) in [5.74, 6) is 0. The molecule has 0 spiro atoms. The molecule has 0 aliphatic rings. The molecular weight excluding hydrogens is 252 g/mol. The molecule has 0 bridgehead atoms. The molecule has 2 rings (SSSR count). The van der Waals surface area contributed by atoms with Gasteiger partial charge in [-0.15, -0.1) is 0 Å². The summed E-state index contributed by atoms with van der Waals surface area (Å²) < 4.78 is 0. The molecule has 0 radical (unpaired) electrons. The van der Waals surface area contributed by atoms with Gasteiger partial charge in [-0.3, -0.25) is 0 Å². The first-order chi connectivity index (χ1) is 7.18. The third-order valence-electron chi connectivity index (χ3n) is 1.96. The van der Waals surface area contributed by atoms with Crippen molar-refractivity contribution in [2.24, 2.45) is 0 Å². The summed E-state index contributed by atoms with van der Waals surface area (Å²) in [6.45, 7) is 0. The normalized spacial score (nSPS) is 10.3. The van der Waals surface area contributed by atoms with E-state index in [4.69, 9.17) is 34.8 Å². The molecule has 2 aromatic rings. The Bertz CT molecular complexity index is 459. The zero-order chi connectivity index (χ0) is 10.8. The summed E-state index contributed by atoms with van der Waals surface area (Å²) >= 11 is 17.8. The number of rotatable bonds is 1. The van der Waals surface area contributed by atoms with Gasteiger partial charge in [0.05, 0.1) is 5.02 Å². The zero-order valence-corrected chi connectivity index (χ0v) is 9.81. The molecule has 0 saturated heterocycles. The second-order valence-corrected chi connectivity index (χ2v) is 4.11. The first kappa shape index (κ1) is 10.7. The fourth-order valence-electron chi connectivity index (χ4n) is 1.32. The molecule has 15 heavy (non-hydrogen) atoms. The number of hydrogen-bond donors (Lipinski definition) is 0. The van der Waals surface area contributed by atoms with Crippen molar-refractivity contribution in [1.29, 1.82) is 0 Å². The standard InChI is InChI=1S/C11H6Cl3N/c12-8-6-9(13)15-11(14)10(8)7-4-2-1-3-5-7/h1-6H. The topological polar surface area (TPSA) is 12.9 Å². The number of hydrogen-bond acceptors (Lipinski definition) is 1. The summed E-state index contributed by atoms with van der Waals surface area (Å²) in [4.78, 5) is 3.96. The molecule has 1 heterocycles. The van der Waals surface area contributed by atoms with E-state index in [1.165, 1.54) is 0 Å². The van der Waals surface area contributed by atoms with Crippen molar-refractivity contribution in [3.63, 3.8) is 0 Å². The lowest BCUT2D eigenvalue weighted by atomic mass is 10.1. The minimum Gasteiger partial charge on any atom is -0.224 e. The molecule has 4 heteroatoms. The Labute approximate surface area is 103 Å². The Morgan fingerprint density at radius 3 is 2.20 bits per heavy atom. The van der Waals surface area contributed by atoms with E-state index in [1.54, 1.807) is 6.07 Å². The van der Waals surface area contributed by atoms with E-state index in [2.05, 4.69) is 4.98 Å².